The second-order valence-corrected chi connectivity index (χ2v) is 6.71. The van der Waals surface area contributed by atoms with Crippen LogP contribution in [0.5, 0.6) is 0 Å². The number of methoxy groups -OCH3 is 1. The molecule has 2 aliphatic heterocycles. The van der Waals surface area contributed by atoms with Crippen molar-refractivity contribution < 1.29 is 14.3 Å². The molecule has 6 nitrogen and oxygen atoms in total. The second-order valence-electron chi connectivity index (χ2n) is 5.01. The van der Waals surface area contributed by atoms with Crippen LogP contribution in [-0.4, -0.2) is 91.5 Å². The van der Waals surface area contributed by atoms with Gasteiger partial charge in [0.05, 0.1) is 20.3 Å². The Morgan fingerprint density at radius 2 is 2.19 bits per heavy atom. The highest BCUT2D eigenvalue weighted by Crippen LogP contribution is 2.19. The molecule has 0 bridgehead atoms. The van der Waals surface area contributed by atoms with Gasteiger partial charge < -0.3 is 19.7 Å². The lowest BCUT2D eigenvalue weighted by Gasteiger charge is -2.33. The van der Waals surface area contributed by atoms with Crippen molar-refractivity contribution >= 4 is 35.1 Å². The first kappa shape index (κ1) is 16.8. The zero-order valence-corrected chi connectivity index (χ0v) is 14.0. The number of hydrogen-bond donors (Lipinski definition) is 1. The maximum absolute atomic E-state index is 11.6. The molecule has 0 amide bonds. The Hall–Kier alpha value is -0.570. The lowest BCUT2D eigenvalue weighted by atomic mass is 10.3. The number of nitrogens with one attached hydrogen (secondary N) is 1. The summed E-state index contributed by atoms with van der Waals surface area (Å²) in [5.74, 6) is 0.728. The fraction of sp³-hybridized carbons (Fsp3) is 0.846. The summed E-state index contributed by atoms with van der Waals surface area (Å²) in [4.78, 5) is 16.0. The normalized spacial score (nSPS) is 23.7. The molecule has 2 aliphatic rings. The number of hydrogen-bond acceptors (Lipinski definition) is 6. The number of ether oxygens (including phenoxy) is 2. The van der Waals surface area contributed by atoms with Crippen LogP contribution in [0.25, 0.3) is 0 Å². The van der Waals surface area contributed by atoms with Gasteiger partial charge in [0, 0.05) is 45.0 Å². The molecule has 0 aromatic rings. The molecule has 2 heterocycles. The molecule has 1 N–H and O–H groups in total. The Bertz CT molecular complexity index is 365. The summed E-state index contributed by atoms with van der Waals surface area (Å²) >= 11 is 7.06. The van der Waals surface area contributed by atoms with Gasteiger partial charge in [-0.3, -0.25) is 9.69 Å². The zero-order valence-electron chi connectivity index (χ0n) is 12.4. The first-order valence-electron chi connectivity index (χ1n) is 7.23. The van der Waals surface area contributed by atoms with Crippen LogP contribution < -0.4 is 5.32 Å². The predicted octanol–water partition coefficient (Wildman–Crippen LogP) is -0.216. The third-order valence-electron chi connectivity index (χ3n) is 3.63. The first-order chi connectivity index (χ1) is 10.2. The second kappa shape index (κ2) is 8.77. The molecule has 21 heavy (non-hydrogen) atoms. The number of morpholine rings is 1. The minimum Gasteiger partial charge on any atom is -0.468 e. The van der Waals surface area contributed by atoms with Crippen molar-refractivity contribution in [3.05, 3.63) is 0 Å². The zero-order chi connectivity index (χ0) is 15.1. The van der Waals surface area contributed by atoms with Crippen molar-refractivity contribution in [1.82, 2.24) is 15.1 Å². The van der Waals surface area contributed by atoms with Crippen molar-refractivity contribution in [2.45, 2.75) is 5.25 Å². The van der Waals surface area contributed by atoms with Gasteiger partial charge in [-0.15, -0.1) is 11.8 Å². The summed E-state index contributed by atoms with van der Waals surface area (Å²) in [5, 5.41) is 3.89. The van der Waals surface area contributed by atoms with E-state index in [-0.39, 0.29) is 11.2 Å². The van der Waals surface area contributed by atoms with Gasteiger partial charge in [0.2, 0.25) is 0 Å². The average molecular weight is 333 g/mol. The van der Waals surface area contributed by atoms with Crippen molar-refractivity contribution in [2.24, 2.45) is 0 Å². The highest BCUT2D eigenvalue weighted by atomic mass is 32.2. The fourth-order valence-electron chi connectivity index (χ4n) is 2.37. The van der Waals surface area contributed by atoms with E-state index in [4.69, 9.17) is 21.7 Å². The topological polar surface area (TPSA) is 54.0 Å². The number of thiocarbonyl (C=S) groups is 1. The number of carbonyl (C=O) groups is 1. The van der Waals surface area contributed by atoms with Crippen molar-refractivity contribution in [1.29, 1.82) is 0 Å². The van der Waals surface area contributed by atoms with Crippen LogP contribution in [0.3, 0.4) is 0 Å². The Morgan fingerprint density at radius 3 is 2.90 bits per heavy atom. The van der Waals surface area contributed by atoms with Gasteiger partial charge in [0.25, 0.3) is 0 Å². The standard InChI is InChI=1S/C13H23N3O3S2/c1-18-12(17)11-10-16(6-9-21-11)13(20)14-2-3-15-4-7-19-8-5-15/h11H,2-10H2,1H3,(H,14,20)/t11-/m1/s1. The van der Waals surface area contributed by atoms with Gasteiger partial charge in [-0.1, -0.05) is 0 Å². The third kappa shape index (κ3) is 5.28. The number of thioether (sulfide) groups is 1. The highest BCUT2D eigenvalue weighted by molar-refractivity contribution is 8.00. The summed E-state index contributed by atoms with van der Waals surface area (Å²) in [5.41, 5.74) is 0. The van der Waals surface area contributed by atoms with Crippen LogP contribution in [0, 0.1) is 0 Å². The summed E-state index contributed by atoms with van der Waals surface area (Å²) in [6.07, 6.45) is 0. The molecular weight excluding hydrogens is 310 g/mol. The monoisotopic (exact) mass is 333 g/mol. The molecule has 0 aromatic carbocycles. The summed E-state index contributed by atoms with van der Waals surface area (Å²) in [7, 11) is 1.43. The van der Waals surface area contributed by atoms with Crippen molar-refractivity contribution in [2.75, 3.05) is 65.3 Å². The highest BCUT2D eigenvalue weighted by Gasteiger charge is 2.28. The maximum atomic E-state index is 11.6. The minimum absolute atomic E-state index is 0.136. The van der Waals surface area contributed by atoms with Gasteiger partial charge in [-0.25, -0.2) is 0 Å². The van der Waals surface area contributed by atoms with E-state index in [9.17, 15) is 4.79 Å². The molecule has 0 radical (unpaired) electrons. The summed E-state index contributed by atoms with van der Waals surface area (Å²) < 4.78 is 10.1. The van der Waals surface area contributed by atoms with E-state index in [0.717, 1.165) is 56.8 Å². The fourth-order valence-corrected chi connectivity index (χ4v) is 3.76. The van der Waals surface area contributed by atoms with Crippen LogP contribution in [0.4, 0.5) is 0 Å². The molecule has 120 valence electrons. The van der Waals surface area contributed by atoms with Crippen molar-refractivity contribution in [3.63, 3.8) is 0 Å². The van der Waals surface area contributed by atoms with E-state index in [1.807, 2.05) is 0 Å². The lowest BCUT2D eigenvalue weighted by Crippen LogP contribution is -2.50. The number of rotatable bonds is 4. The van der Waals surface area contributed by atoms with E-state index in [1.54, 1.807) is 11.8 Å². The molecule has 8 heteroatoms. The summed E-state index contributed by atoms with van der Waals surface area (Å²) in [6, 6.07) is 0. The molecule has 0 aromatic heterocycles. The van der Waals surface area contributed by atoms with E-state index >= 15 is 0 Å². The molecule has 0 unspecified atom stereocenters. The molecule has 0 spiro atoms. The first-order valence-corrected chi connectivity index (χ1v) is 8.68. The number of esters is 1. The van der Waals surface area contributed by atoms with E-state index in [1.165, 1.54) is 7.11 Å². The Labute approximate surface area is 135 Å². The molecule has 2 saturated heterocycles. The van der Waals surface area contributed by atoms with Crippen LogP contribution in [-0.2, 0) is 14.3 Å². The van der Waals surface area contributed by atoms with Crippen LogP contribution in [0.2, 0.25) is 0 Å². The SMILES string of the molecule is COC(=O)[C@H]1CN(C(=S)NCCN2CCOCC2)CCS1. The van der Waals surface area contributed by atoms with Gasteiger partial charge in [-0.05, 0) is 12.2 Å². The van der Waals surface area contributed by atoms with E-state index in [0.29, 0.717) is 6.54 Å². The average Bonchev–Trinajstić information content (AvgIpc) is 2.55. The third-order valence-corrected chi connectivity index (χ3v) is 5.19. The summed E-state index contributed by atoms with van der Waals surface area (Å²) in [6.45, 7) is 6.89. The predicted molar refractivity (Wildman–Crippen MR) is 87.7 cm³/mol. The lowest BCUT2D eigenvalue weighted by molar-refractivity contribution is -0.140. The molecule has 1 atom stereocenters. The maximum Gasteiger partial charge on any atom is 0.320 e. The molecule has 2 rings (SSSR count). The molecular formula is C13H23N3O3S2. The Morgan fingerprint density at radius 1 is 1.43 bits per heavy atom. The van der Waals surface area contributed by atoms with Crippen LogP contribution in [0.15, 0.2) is 0 Å². The van der Waals surface area contributed by atoms with Gasteiger partial charge in [0.15, 0.2) is 5.11 Å². The van der Waals surface area contributed by atoms with Gasteiger partial charge in [0.1, 0.15) is 5.25 Å². The molecule has 0 saturated carbocycles. The minimum atomic E-state index is -0.166. The quantitative estimate of drug-likeness (QED) is 0.560. The van der Waals surface area contributed by atoms with Crippen LogP contribution >= 0.6 is 24.0 Å². The molecule has 0 aliphatic carbocycles. The van der Waals surface area contributed by atoms with Gasteiger partial charge in [-0.2, -0.15) is 0 Å². The van der Waals surface area contributed by atoms with Gasteiger partial charge >= 0.3 is 5.97 Å². The van der Waals surface area contributed by atoms with E-state index < -0.39 is 0 Å². The Balaban J connectivity index is 1.68. The molecule has 2 fully saturated rings. The van der Waals surface area contributed by atoms with Crippen LogP contribution in [0.1, 0.15) is 0 Å². The largest absolute Gasteiger partial charge is 0.468 e. The van der Waals surface area contributed by atoms with Crippen molar-refractivity contribution in [3.8, 4) is 0 Å². The number of carbonyl (C=O) groups excluding carboxylic acids is 1. The number of nitrogens with zero attached hydrogens (tertiary/aromatic N) is 2. The Kier molecular flexibility index (Phi) is 7.01. The van der Waals surface area contributed by atoms with E-state index in [2.05, 4.69) is 15.1 Å². The smallest absolute Gasteiger partial charge is 0.320 e.